The molecule has 2 aromatic carbocycles. The third kappa shape index (κ3) is 6.75. The van der Waals surface area contributed by atoms with Crippen molar-refractivity contribution in [2.45, 2.75) is 37.6 Å². The molecule has 1 aliphatic heterocycles. The molecule has 3 aromatic rings. The van der Waals surface area contributed by atoms with Crippen molar-refractivity contribution < 1.29 is 23.7 Å². The van der Waals surface area contributed by atoms with Crippen LogP contribution in [-0.4, -0.2) is 61.0 Å². The predicted molar refractivity (Wildman–Crippen MR) is 155 cm³/mol. The summed E-state index contributed by atoms with van der Waals surface area (Å²) in [6.07, 6.45) is 11.3. The van der Waals surface area contributed by atoms with Gasteiger partial charge in [-0.15, -0.1) is 0 Å². The summed E-state index contributed by atoms with van der Waals surface area (Å²) in [7, 11) is 4.90. The van der Waals surface area contributed by atoms with Gasteiger partial charge in [0.05, 0.1) is 20.8 Å². The zero-order chi connectivity index (χ0) is 28.7. The highest BCUT2D eigenvalue weighted by Crippen LogP contribution is 2.41. The van der Waals surface area contributed by atoms with E-state index in [1.54, 1.807) is 39.8 Å². The minimum Gasteiger partial charge on any atom is -0.493 e. The van der Waals surface area contributed by atoms with Crippen molar-refractivity contribution in [1.82, 2.24) is 20.2 Å². The van der Waals surface area contributed by atoms with Gasteiger partial charge in [0, 0.05) is 45.1 Å². The van der Waals surface area contributed by atoms with Gasteiger partial charge in [-0.2, -0.15) is 0 Å². The van der Waals surface area contributed by atoms with E-state index in [2.05, 4.69) is 38.4 Å². The number of hydrogen-bond donors (Lipinski definition) is 1. The number of hydrogen-bond acceptors (Lipinski definition) is 8. The first-order chi connectivity index (χ1) is 20.0. The molecule has 0 fully saturated rings. The molecule has 9 heteroatoms. The van der Waals surface area contributed by atoms with Crippen LogP contribution in [-0.2, 0) is 22.5 Å². The molecule has 0 bridgehead atoms. The molecule has 2 aliphatic rings. The van der Waals surface area contributed by atoms with Gasteiger partial charge in [-0.25, -0.2) is 9.97 Å². The highest BCUT2D eigenvalue weighted by Gasteiger charge is 2.34. The first kappa shape index (κ1) is 28.3. The van der Waals surface area contributed by atoms with Crippen molar-refractivity contribution in [3.8, 4) is 17.5 Å². The minimum atomic E-state index is -0.983. The van der Waals surface area contributed by atoms with Gasteiger partial charge in [0.2, 0.25) is 11.7 Å². The molecule has 2 unspecified atom stereocenters. The van der Waals surface area contributed by atoms with Crippen LogP contribution in [0.15, 0.2) is 84.7 Å². The molecule has 0 saturated carbocycles. The topological polar surface area (TPSA) is 95.0 Å². The second kappa shape index (κ2) is 13.0. The number of nitrogens with one attached hydrogen (secondary N) is 1. The van der Waals surface area contributed by atoms with E-state index in [0.29, 0.717) is 37.4 Å². The summed E-state index contributed by atoms with van der Waals surface area (Å²) in [6, 6.07) is 16.0. The highest BCUT2D eigenvalue weighted by atomic mass is 16.7. The second-order valence-electron chi connectivity index (χ2n) is 10.1. The van der Waals surface area contributed by atoms with Crippen LogP contribution < -0.4 is 19.5 Å². The standard InChI is InChI=1S/C32H36N4O5/c1-38-28-19-25-12-17-36(22-30(37)35-21-24-8-5-4-6-9-24)27(26(25)20-29(28)39-2)18-23-10-13-32(40-3,14-11-23)41-31-33-15-7-16-34-31/h4-11,13,15-16,19-20,27H,12,14,17-18,21-22H2,1-3H3,(H,35,37). The molecule has 9 nitrogen and oxygen atoms in total. The van der Waals surface area contributed by atoms with E-state index in [4.69, 9.17) is 18.9 Å². The molecule has 1 amide bonds. The number of methoxy groups -OCH3 is 3. The van der Waals surface area contributed by atoms with Crippen LogP contribution in [0.5, 0.6) is 17.5 Å². The molecule has 41 heavy (non-hydrogen) atoms. The van der Waals surface area contributed by atoms with Gasteiger partial charge < -0.3 is 24.3 Å². The minimum absolute atomic E-state index is 0.00870. The Morgan fingerprint density at radius 3 is 2.49 bits per heavy atom. The zero-order valence-electron chi connectivity index (χ0n) is 23.7. The molecule has 2 heterocycles. The number of amides is 1. The van der Waals surface area contributed by atoms with Crippen LogP contribution >= 0.6 is 0 Å². The molecule has 1 N–H and O–H groups in total. The number of nitrogens with zero attached hydrogens (tertiary/aromatic N) is 3. The van der Waals surface area contributed by atoms with Gasteiger partial charge >= 0.3 is 6.01 Å². The maximum Gasteiger partial charge on any atom is 0.319 e. The molecule has 2 atom stereocenters. The maximum absolute atomic E-state index is 13.1. The van der Waals surface area contributed by atoms with Crippen LogP contribution in [0.4, 0.5) is 0 Å². The van der Waals surface area contributed by atoms with Gasteiger partial charge in [-0.3, -0.25) is 9.69 Å². The molecule has 0 spiro atoms. The first-order valence-corrected chi connectivity index (χ1v) is 13.7. The van der Waals surface area contributed by atoms with Crippen LogP contribution in [0.3, 0.4) is 0 Å². The number of allylic oxidation sites excluding steroid dienone is 1. The second-order valence-corrected chi connectivity index (χ2v) is 10.1. The number of carbonyl (C=O) groups is 1. The highest BCUT2D eigenvalue weighted by molar-refractivity contribution is 5.78. The third-order valence-corrected chi connectivity index (χ3v) is 7.57. The Bertz CT molecular complexity index is 1400. The number of fused-ring (bicyclic) bond motifs is 1. The molecule has 1 aliphatic carbocycles. The number of benzene rings is 2. The van der Waals surface area contributed by atoms with E-state index in [9.17, 15) is 4.79 Å². The third-order valence-electron chi connectivity index (χ3n) is 7.57. The SMILES string of the molecule is COc1cc2c(cc1OC)C(CC1=CCC(OC)(Oc3ncccn3)C=C1)N(CC(=O)NCc1ccccc1)CC2. The number of aromatic nitrogens is 2. The van der Waals surface area contributed by atoms with E-state index in [0.717, 1.165) is 29.7 Å². The Kier molecular flexibility index (Phi) is 8.96. The molecule has 1 aromatic heterocycles. The smallest absolute Gasteiger partial charge is 0.319 e. The van der Waals surface area contributed by atoms with E-state index < -0.39 is 5.79 Å². The van der Waals surface area contributed by atoms with E-state index in [-0.39, 0.29) is 18.0 Å². The molecular weight excluding hydrogens is 520 g/mol. The fraction of sp³-hybridized carbons (Fsp3) is 0.344. The lowest BCUT2D eigenvalue weighted by molar-refractivity contribution is -0.127. The Morgan fingerprint density at radius 1 is 1.05 bits per heavy atom. The lowest BCUT2D eigenvalue weighted by atomic mass is 9.86. The average molecular weight is 557 g/mol. The molecule has 214 valence electrons. The van der Waals surface area contributed by atoms with Crippen molar-refractivity contribution >= 4 is 5.91 Å². The number of ether oxygens (including phenoxy) is 4. The Balaban J connectivity index is 1.35. The van der Waals surface area contributed by atoms with Crippen LogP contribution in [0, 0.1) is 0 Å². The van der Waals surface area contributed by atoms with Gasteiger partial charge in [0.15, 0.2) is 11.5 Å². The number of rotatable bonds is 11. The van der Waals surface area contributed by atoms with Crippen LogP contribution in [0.1, 0.15) is 35.6 Å². The summed E-state index contributed by atoms with van der Waals surface area (Å²) in [4.78, 5) is 23.7. The predicted octanol–water partition coefficient (Wildman–Crippen LogP) is 4.41. The largest absolute Gasteiger partial charge is 0.493 e. The molecule has 0 saturated heterocycles. The Labute approximate surface area is 240 Å². The van der Waals surface area contributed by atoms with E-state index in [1.807, 2.05) is 42.5 Å². The van der Waals surface area contributed by atoms with Crippen molar-refractivity contribution in [2.24, 2.45) is 0 Å². The summed E-state index contributed by atoms with van der Waals surface area (Å²) in [5, 5.41) is 3.08. The van der Waals surface area contributed by atoms with Gasteiger partial charge in [0.1, 0.15) is 0 Å². The summed E-state index contributed by atoms with van der Waals surface area (Å²) in [6.45, 7) is 1.54. The van der Waals surface area contributed by atoms with Crippen molar-refractivity contribution in [1.29, 1.82) is 0 Å². The average Bonchev–Trinajstić information content (AvgIpc) is 3.02. The summed E-state index contributed by atoms with van der Waals surface area (Å²) in [5.74, 6) is 0.393. The molecule has 5 rings (SSSR count). The molecule has 0 radical (unpaired) electrons. The number of carbonyl (C=O) groups excluding carboxylic acids is 1. The summed E-state index contributed by atoms with van der Waals surface area (Å²) in [5.41, 5.74) is 4.53. The van der Waals surface area contributed by atoms with Gasteiger partial charge in [-0.05, 0) is 59.4 Å². The summed E-state index contributed by atoms with van der Waals surface area (Å²) >= 11 is 0. The molecular formula is C32H36N4O5. The van der Waals surface area contributed by atoms with Gasteiger partial charge in [-0.1, -0.05) is 42.5 Å². The lowest BCUT2D eigenvalue weighted by Crippen LogP contribution is -2.43. The van der Waals surface area contributed by atoms with Gasteiger partial charge in [0.25, 0.3) is 0 Å². The Morgan fingerprint density at radius 2 is 1.80 bits per heavy atom. The zero-order valence-corrected chi connectivity index (χ0v) is 23.7. The van der Waals surface area contributed by atoms with E-state index >= 15 is 0 Å². The quantitative estimate of drug-likeness (QED) is 0.347. The van der Waals surface area contributed by atoms with E-state index in [1.165, 1.54) is 5.56 Å². The monoisotopic (exact) mass is 556 g/mol. The van der Waals surface area contributed by atoms with Crippen LogP contribution in [0.2, 0.25) is 0 Å². The summed E-state index contributed by atoms with van der Waals surface area (Å²) < 4.78 is 23.0. The normalized spacial score (nSPS) is 20.1. The van der Waals surface area contributed by atoms with Crippen molar-refractivity contribution in [3.63, 3.8) is 0 Å². The van der Waals surface area contributed by atoms with Crippen molar-refractivity contribution in [3.05, 3.63) is 101 Å². The van der Waals surface area contributed by atoms with Crippen LogP contribution in [0.25, 0.3) is 0 Å². The first-order valence-electron chi connectivity index (χ1n) is 13.7. The fourth-order valence-electron chi connectivity index (χ4n) is 5.32. The fourth-order valence-corrected chi connectivity index (χ4v) is 5.32. The lowest BCUT2D eigenvalue weighted by Gasteiger charge is -2.38. The Hall–Kier alpha value is -4.21. The maximum atomic E-state index is 13.1. The van der Waals surface area contributed by atoms with Crippen molar-refractivity contribution in [2.75, 3.05) is 34.4 Å².